The molecule has 1 aliphatic carbocycles. The number of carboxylic acids is 1. The van der Waals surface area contributed by atoms with Crippen LogP contribution in [0.4, 0.5) is 14.9 Å². The summed E-state index contributed by atoms with van der Waals surface area (Å²) in [7, 11) is -4.16. The fourth-order valence-corrected chi connectivity index (χ4v) is 4.84. The van der Waals surface area contributed by atoms with Crippen LogP contribution in [-0.2, 0) is 26.1 Å². The molecule has 3 N–H and O–H groups in total. The maximum absolute atomic E-state index is 14.7. The highest BCUT2D eigenvalue weighted by Gasteiger charge is 2.35. The normalized spacial score (nSPS) is 17.1. The number of rotatable bonds is 6. The number of halogens is 1. The highest BCUT2D eigenvalue weighted by molar-refractivity contribution is 7.93. The van der Waals surface area contributed by atoms with E-state index in [1.165, 1.54) is 19.1 Å². The summed E-state index contributed by atoms with van der Waals surface area (Å²) in [6, 6.07) is 2.64. The topological polar surface area (TPSA) is 122 Å². The molecule has 10 heteroatoms. The molecule has 0 bridgehead atoms. The van der Waals surface area contributed by atoms with E-state index in [4.69, 9.17) is 4.74 Å². The number of sulfonamides is 1. The van der Waals surface area contributed by atoms with Gasteiger partial charge in [-0.3, -0.25) is 4.72 Å². The number of anilines is 1. The molecule has 8 nitrogen and oxygen atoms in total. The smallest absolute Gasteiger partial charge is 0.407 e. The van der Waals surface area contributed by atoms with Crippen molar-refractivity contribution in [3.63, 3.8) is 0 Å². The SMILES string of the molecule is Cc1cc(CNC(=O)OC(C)(C)C)cc(F)c1NS(=O)(=O)C1CCCC=C1C(=O)O. The summed E-state index contributed by atoms with van der Waals surface area (Å²) in [5.74, 6) is -2.12. The summed E-state index contributed by atoms with van der Waals surface area (Å²) in [5.41, 5.74) is -0.398. The maximum Gasteiger partial charge on any atom is 0.407 e. The standard InChI is InChI=1S/C20H27FN2O6S/c1-12-9-13(11-22-19(26)29-20(2,3)4)10-15(21)17(12)23-30(27,28)16-8-6-5-7-14(16)18(24)25/h7,9-10,16,23H,5-6,8,11H2,1-4H3,(H,22,26)(H,24,25). The van der Waals surface area contributed by atoms with Gasteiger partial charge in [0.25, 0.3) is 0 Å². The lowest BCUT2D eigenvalue weighted by Crippen LogP contribution is -2.34. The molecule has 0 aromatic heterocycles. The zero-order valence-corrected chi connectivity index (χ0v) is 18.2. The third-order valence-corrected chi connectivity index (χ3v) is 6.16. The quantitative estimate of drug-likeness (QED) is 0.620. The lowest BCUT2D eigenvalue weighted by Gasteiger charge is -2.23. The Morgan fingerprint density at radius 1 is 1.30 bits per heavy atom. The van der Waals surface area contributed by atoms with Crippen LogP contribution < -0.4 is 10.0 Å². The Morgan fingerprint density at radius 2 is 1.97 bits per heavy atom. The molecule has 166 valence electrons. The van der Waals surface area contributed by atoms with Gasteiger partial charge in [-0.2, -0.15) is 0 Å². The number of nitrogens with one attached hydrogen (secondary N) is 2. The van der Waals surface area contributed by atoms with Gasteiger partial charge in [0.15, 0.2) is 0 Å². The van der Waals surface area contributed by atoms with E-state index >= 15 is 0 Å². The Bertz CT molecular complexity index is 943. The lowest BCUT2D eigenvalue weighted by molar-refractivity contribution is -0.132. The van der Waals surface area contributed by atoms with Gasteiger partial charge in [-0.15, -0.1) is 0 Å². The van der Waals surface area contributed by atoms with Crippen molar-refractivity contribution in [2.75, 3.05) is 4.72 Å². The number of hydrogen-bond donors (Lipinski definition) is 3. The second-order valence-electron chi connectivity index (χ2n) is 8.16. The van der Waals surface area contributed by atoms with Crippen LogP contribution in [0.1, 0.15) is 51.2 Å². The van der Waals surface area contributed by atoms with Gasteiger partial charge in [0.1, 0.15) is 16.7 Å². The van der Waals surface area contributed by atoms with Gasteiger partial charge >= 0.3 is 12.1 Å². The molecule has 0 fully saturated rings. The van der Waals surface area contributed by atoms with E-state index in [9.17, 15) is 27.5 Å². The molecular weight excluding hydrogens is 415 g/mol. The van der Waals surface area contributed by atoms with Crippen LogP contribution in [0.15, 0.2) is 23.8 Å². The number of allylic oxidation sites excluding steroid dienone is 1. The number of hydrogen-bond acceptors (Lipinski definition) is 5. The van der Waals surface area contributed by atoms with Crippen molar-refractivity contribution >= 4 is 27.8 Å². The van der Waals surface area contributed by atoms with E-state index in [0.717, 1.165) is 6.07 Å². The van der Waals surface area contributed by atoms with Gasteiger partial charge in [-0.1, -0.05) is 12.1 Å². The molecule has 1 atom stereocenters. The molecule has 0 spiro atoms. The van der Waals surface area contributed by atoms with Gasteiger partial charge in [0, 0.05) is 6.54 Å². The molecule has 0 saturated heterocycles. The van der Waals surface area contributed by atoms with Gasteiger partial charge in [0.2, 0.25) is 10.0 Å². The predicted molar refractivity (Wildman–Crippen MR) is 110 cm³/mol. The first-order valence-corrected chi connectivity index (χ1v) is 11.1. The number of carbonyl (C=O) groups is 2. The molecule has 1 aromatic rings. The molecule has 0 radical (unpaired) electrons. The van der Waals surface area contributed by atoms with Crippen molar-refractivity contribution in [1.29, 1.82) is 0 Å². The van der Waals surface area contributed by atoms with Gasteiger partial charge in [-0.25, -0.2) is 22.4 Å². The summed E-state index contributed by atoms with van der Waals surface area (Å²) in [6.45, 7) is 6.67. The van der Waals surface area contributed by atoms with E-state index < -0.39 is 38.8 Å². The Morgan fingerprint density at radius 3 is 2.53 bits per heavy atom. The maximum atomic E-state index is 14.7. The Balaban J connectivity index is 2.17. The molecule has 1 aliphatic rings. The summed E-state index contributed by atoms with van der Waals surface area (Å²) < 4.78 is 47.5. The summed E-state index contributed by atoms with van der Waals surface area (Å²) in [4.78, 5) is 23.1. The molecule has 1 aromatic carbocycles. The molecule has 0 aliphatic heterocycles. The molecule has 0 saturated carbocycles. The average Bonchev–Trinajstić information content (AvgIpc) is 2.61. The minimum Gasteiger partial charge on any atom is -0.478 e. The Hall–Kier alpha value is -2.62. The number of aryl methyl sites for hydroxylation is 1. The zero-order chi connectivity index (χ0) is 22.7. The number of aliphatic carboxylic acids is 1. The first-order chi connectivity index (χ1) is 13.8. The number of carbonyl (C=O) groups excluding carboxylic acids is 1. The fraction of sp³-hybridized carbons (Fsp3) is 0.500. The van der Waals surface area contributed by atoms with E-state index in [1.54, 1.807) is 20.8 Å². The monoisotopic (exact) mass is 442 g/mol. The number of carboxylic acid groups (broad SMARTS) is 1. The van der Waals surface area contributed by atoms with Crippen LogP contribution in [0.2, 0.25) is 0 Å². The summed E-state index contributed by atoms with van der Waals surface area (Å²) in [5, 5.41) is 10.5. The zero-order valence-electron chi connectivity index (χ0n) is 17.4. The minimum absolute atomic E-state index is 0.00573. The Kier molecular flexibility index (Phi) is 7.12. The first kappa shape index (κ1) is 23.7. The summed E-state index contributed by atoms with van der Waals surface area (Å²) >= 11 is 0. The molecule has 1 unspecified atom stereocenters. The average molecular weight is 443 g/mol. The third-order valence-electron chi connectivity index (χ3n) is 4.43. The lowest BCUT2D eigenvalue weighted by atomic mass is 9.99. The van der Waals surface area contributed by atoms with Crippen LogP contribution in [0.5, 0.6) is 0 Å². The van der Waals surface area contributed by atoms with E-state index in [0.29, 0.717) is 24.0 Å². The van der Waals surface area contributed by atoms with Crippen LogP contribution in [0, 0.1) is 12.7 Å². The van der Waals surface area contributed by atoms with E-state index in [2.05, 4.69) is 10.0 Å². The van der Waals surface area contributed by atoms with Crippen LogP contribution in [0.3, 0.4) is 0 Å². The van der Waals surface area contributed by atoms with E-state index in [-0.39, 0.29) is 24.2 Å². The molecule has 2 rings (SSSR count). The number of benzene rings is 1. The van der Waals surface area contributed by atoms with Crippen molar-refractivity contribution in [2.24, 2.45) is 0 Å². The molecular formula is C20H27FN2O6S. The van der Waals surface area contributed by atoms with Crippen LogP contribution in [-0.4, -0.2) is 36.4 Å². The molecule has 30 heavy (non-hydrogen) atoms. The third kappa shape index (κ3) is 6.19. The van der Waals surface area contributed by atoms with Gasteiger partial charge < -0.3 is 15.2 Å². The largest absolute Gasteiger partial charge is 0.478 e. The molecule has 0 heterocycles. The van der Waals surface area contributed by atoms with Crippen LogP contribution in [0.25, 0.3) is 0 Å². The van der Waals surface area contributed by atoms with Crippen molar-refractivity contribution in [2.45, 2.75) is 64.4 Å². The van der Waals surface area contributed by atoms with Gasteiger partial charge in [0.05, 0.1) is 11.3 Å². The highest BCUT2D eigenvalue weighted by atomic mass is 32.2. The number of amides is 1. The van der Waals surface area contributed by atoms with E-state index in [1.807, 2.05) is 0 Å². The van der Waals surface area contributed by atoms with Gasteiger partial charge in [-0.05, 0) is 64.2 Å². The first-order valence-electron chi connectivity index (χ1n) is 9.51. The predicted octanol–water partition coefficient (Wildman–Crippen LogP) is 3.46. The second-order valence-corrected chi connectivity index (χ2v) is 10.0. The van der Waals surface area contributed by atoms with Crippen molar-refractivity contribution in [3.05, 3.63) is 40.7 Å². The second kappa shape index (κ2) is 9.03. The number of ether oxygens (including phenoxy) is 1. The van der Waals surface area contributed by atoms with Crippen molar-refractivity contribution in [3.8, 4) is 0 Å². The molecule has 1 amide bonds. The minimum atomic E-state index is -4.16. The van der Waals surface area contributed by atoms with Crippen LogP contribution >= 0.6 is 0 Å². The fourth-order valence-electron chi connectivity index (χ4n) is 3.14. The Labute approximate surface area is 175 Å². The summed E-state index contributed by atoms with van der Waals surface area (Å²) in [6.07, 6.45) is 1.89. The van der Waals surface area contributed by atoms with Crippen molar-refractivity contribution < 1.29 is 32.2 Å². The highest BCUT2D eigenvalue weighted by Crippen LogP contribution is 2.29. The number of alkyl carbamates (subject to hydrolysis) is 1. The van der Waals surface area contributed by atoms with Crippen molar-refractivity contribution in [1.82, 2.24) is 5.32 Å².